The highest BCUT2D eigenvalue weighted by atomic mass is 35.5. The summed E-state index contributed by atoms with van der Waals surface area (Å²) in [7, 11) is 0. The van der Waals surface area contributed by atoms with Crippen molar-refractivity contribution in [3.05, 3.63) is 99.0 Å². The molecule has 0 atom stereocenters. The average Bonchev–Trinajstić information content (AvgIpc) is 2.78. The normalized spacial score (nSPS) is 14.9. The van der Waals surface area contributed by atoms with Gasteiger partial charge in [0, 0.05) is 10.6 Å². The fourth-order valence-corrected chi connectivity index (χ4v) is 3.73. The van der Waals surface area contributed by atoms with Gasteiger partial charge >= 0.3 is 12.0 Å². The lowest BCUT2D eigenvalue weighted by molar-refractivity contribution is -0.122. The fraction of sp³-hybridized carbons (Fsp3) is 0.0400. The lowest BCUT2D eigenvalue weighted by atomic mass is 10.1. The molecule has 1 heterocycles. The van der Waals surface area contributed by atoms with Gasteiger partial charge in [-0.2, -0.15) is 0 Å². The Bertz CT molecular complexity index is 1370. The van der Waals surface area contributed by atoms with E-state index in [1.807, 2.05) is 6.92 Å². The van der Waals surface area contributed by atoms with Crippen molar-refractivity contribution in [2.75, 3.05) is 4.90 Å². The number of amides is 4. The van der Waals surface area contributed by atoms with Crippen LogP contribution in [0.4, 0.5) is 10.5 Å². The van der Waals surface area contributed by atoms with E-state index in [1.165, 1.54) is 30.3 Å². The minimum absolute atomic E-state index is 0.0883. The number of anilines is 1. The number of hydrogen-bond acceptors (Lipinski definition) is 5. The molecule has 1 aliphatic rings. The summed E-state index contributed by atoms with van der Waals surface area (Å²) in [6.45, 7) is 1.87. The van der Waals surface area contributed by atoms with Crippen LogP contribution in [0.3, 0.4) is 0 Å². The van der Waals surface area contributed by atoms with Crippen molar-refractivity contribution < 1.29 is 23.9 Å². The number of nitrogens with one attached hydrogen (secondary N) is 1. The number of ether oxygens (including phenoxy) is 1. The lowest BCUT2D eigenvalue weighted by Gasteiger charge is -2.26. The second-order valence-electron chi connectivity index (χ2n) is 7.34. The highest BCUT2D eigenvalue weighted by Crippen LogP contribution is 2.28. The van der Waals surface area contributed by atoms with Gasteiger partial charge in [-0.25, -0.2) is 14.5 Å². The molecule has 0 radical (unpaired) electrons. The molecule has 0 saturated carbocycles. The molecular formula is C25H16Cl2N2O5. The van der Waals surface area contributed by atoms with Crippen LogP contribution in [0, 0.1) is 6.92 Å². The molecule has 34 heavy (non-hydrogen) atoms. The molecule has 9 heteroatoms. The second kappa shape index (κ2) is 9.51. The van der Waals surface area contributed by atoms with Crippen molar-refractivity contribution >= 4 is 58.8 Å². The summed E-state index contributed by atoms with van der Waals surface area (Å²) in [6, 6.07) is 16.5. The predicted molar refractivity (Wildman–Crippen MR) is 128 cm³/mol. The fourth-order valence-electron chi connectivity index (χ4n) is 3.24. The first-order chi connectivity index (χ1) is 16.2. The molecule has 1 N–H and O–H groups in total. The first-order valence-electron chi connectivity index (χ1n) is 9.99. The van der Waals surface area contributed by atoms with E-state index in [-0.39, 0.29) is 27.5 Å². The number of carbonyl (C=O) groups excluding carboxylic acids is 4. The second-order valence-corrected chi connectivity index (χ2v) is 8.19. The van der Waals surface area contributed by atoms with Gasteiger partial charge in [-0.05, 0) is 49.4 Å². The Kier molecular flexibility index (Phi) is 6.49. The summed E-state index contributed by atoms with van der Waals surface area (Å²) in [5.74, 6) is -2.33. The minimum Gasteiger partial charge on any atom is -0.422 e. The van der Waals surface area contributed by atoms with E-state index in [2.05, 4.69) is 5.32 Å². The number of carbonyl (C=O) groups is 4. The van der Waals surface area contributed by atoms with Gasteiger partial charge in [0.25, 0.3) is 11.8 Å². The van der Waals surface area contributed by atoms with E-state index in [4.69, 9.17) is 27.9 Å². The number of hydrogen-bond donors (Lipinski definition) is 1. The summed E-state index contributed by atoms with van der Waals surface area (Å²) in [6.07, 6.45) is 1.26. The maximum atomic E-state index is 13.1. The number of urea groups is 1. The molecule has 1 saturated heterocycles. The van der Waals surface area contributed by atoms with Crippen molar-refractivity contribution in [1.82, 2.24) is 5.32 Å². The zero-order valence-electron chi connectivity index (χ0n) is 17.7. The van der Waals surface area contributed by atoms with Crippen LogP contribution in [0.15, 0.2) is 72.3 Å². The van der Waals surface area contributed by atoms with Gasteiger partial charge < -0.3 is 4.74 Å². The molecule has 0 bridgehead atoms. The highest BCUT2D eigenvalue weighted by Gasteiger charge is 2.37. The van der Waals surface area contributed by atoms with E-state index >= 15 is 0 Å². The van der Waals surface area contributed by atoms with E-state index in [1.54, 1.807) is 42.5 Å². The maximum Gasteiger partial charge on any atom is 0.345 e. The summed E-state index contributed by atoms with van der Waals surface area (Å²) in [5.41, 5.74) is 1.32. The third-order valence-corrected chi connectivity index (χ3v) is 5.51. The van der Waals surface area contributed by atoms with Crippen molar-refractivity contribution in [2.45, 2.75) is 6.92 Å². The van der Waals surface area contributed by atoms with Gasteiger partial charge in [-0.3, -0.25) is 14.9 Å². The zero-order chi connectivity index (χ0) is 24.4. The average molecular weight is 495 g/mol. The lowest BCUT2D eigenvalue weighted by Crippen LogP contribution is -2.54. The quantitative estimate of drug-likeness (QED) is 0.233. The van der Waals surface area contributed by atoms with E-state index in [9.17, 15) is 19.2 Å². The Hall–Kier alpha value is -3.94. The van der Waals surface area contributed by atoms with Crippen molar-refractivity contribution in [3.63, 3.8) is 0 Å². The van der Waals surface area contributed by atoms with Crippen LogP contribution in [-0.2, 0) is 9.59 Å². The number of rotatable bonds is 4. The van der Waals surface area contributed by atoms with Crippen LogP contribution < -0.4 is 15.0 Å². The largest absolute Gasteiger partial charge is 0.422 e. The number of para-hydroxylation sites is 1. The summed E-state index contributed by atoms with van der Waals surface area (Å²) in [5, 5.41) is 2.64. The molecule has 3 aromatic rings. The third-order valence-electron chi connectivity index (χ3n) is 4.97. The molecule has 0 unspecified atom stereocenters. The van der Waals surface area contributed by atoms with Crippen molar-refractivity contribution in [2.24, 2.45) is 0 Å². The standard InChI is InChI=1S/C25H16Cl2N2O5/c1-14-6-9-17(10-7-14)29-23(31)19(22(30)28-25(29)33)12-15-4-2-3-5-21(15)34-24(32)18-11-8-16(26)13-20(18)27/h2-13H,1H3,(H,28,30,33)/b19-12-. The van der Waals surface area contributed by atoms with E-state index < -0.39 is 23.8 Å². The van der Waals surface area contributed by atoms with Crippen LogP contribution in [0.5, 0.6) is 5.75 Å². The first-order valence-corrected chi connectivity index (χ1v) is 10.7. The number of halogens is 2. The van der Waals surface area contributed by atoms with Gasteiger partial charge in [-0.1, -0.05) is 59.1 Å². The van der Waals surface area contributed by atoms with Crippen molar-refractivity contribution in [1.29, 1.82) is 0 Å². The molecule has 170 valence electrons. The molecule has 3 aromatic carbocycles. The number of benzene rings is 3. The Balaban J connectivity index is 1.67. The monoisotopic (exact) mass is 494 g/mol. The summed E-state index contributed by atoms with van der Waals surface area (Å²) < 4.78 is 5.48. The van der Waals surface area contributed by atoms with Crippen LogP contribution in [0.1, 0.15) is 21.5 Å². The number of aryl methyl sites for hydroxylation is 1. The van der Waals surface area contributed by atoms with Crippen LogP contribution in [0.2, 0.25) is 10.0 Å². The van der Waals surface area contributed by atoms with Crippen molar-refractivity contribution in [3.8, 4) is 5.75 Å². The molecular weight excluding hydrogens is 479 g/mol. The van der Waals surface area contributed by atoms with Gasteiger partial charge in [-0.15, -0.1) is 0 Å². The third kappa shape index (κ3) is 4.71. The Morgan fingerprint density at radius 3 is 2.38 bits per heavy atom. The summed E-state index contributed by atoms with van der Waals surface area (Å²) >= 11 is 12.0. The Labute approximate surface area is 204 Å². The van der Waals surface area contributed by atoms with Crippen LogP contribution >= 0.6 is 23.2 Å². The molecule has 7 nitrogen and oxygen atoms in total. The van der Waals surface area contributed by atoms with Gasteiger partial charge in [0.05, 0.1) is 16.3 Å². The number of esters is 1. The van der Waals surface area contributed by atoms with Gasteiger partial charge in [0.15, 0.2) is 0 Å². The molecule has 1 aliphatic heterocycles. The smallest absolute Gasteiger partial charge is 0.345 e. The highest BCUT2D eigenvalue weighted by molar-refractivity contribution is 6.39. The van der Waals surface area contributed by atoms with E-state index in [0.29, 0.717) is 10.7 Å². The Morgan fingerprint density at radius 1 is 0.971 bits per heavy atom. The van der Waals surface area contributed by atoms with E-state index in [0.717, 1.165) is 10.5 Å². The molecule has 1 fully saturated rings. The maximum absolute atomic E-state index is 13.1. The van der Waals surface area contributed by atoms with Gasteiger partial charge in [0.2, 0.25) is 0 Å². The number of imide groups is 2. The summed E-state index contributed by atoms with van der Waals surface area (Å²) in [4.78, 5) is 51.5. The van der Waals surface area contributed by atoms with Gasteiger partial charge in [0.1, 0.15) is 11.3 Å². The molecule has 0 aromatic heterocycles. The molecule has 4 amide bonds. The number of barbiturate groups is 1. The number of nitrogens with zero attached hydrogens (tertiary/aromatic N) is 1. The SMILES string of the molecule is Cc1ccc(N2C(=O)NC(=O)/C(=C/c3ccccc3OC(=O)c3ccc(Cl)cc3Cl)C2=O)cc1. The first kappa shape index (κ1) is 23.2. The van der Waals surface area contributed by atoms with Crippen LogP contribution in [-0.4, -0.2) is 23.8 Å². The molecule has 4 rings (SSSR count). The molecule has 0 aliphatic carbocycles. The topological polar surface area (TPSA) is 92.8 Å². The molecule has 0 spiro atoms. The Morgan fingerprint density at radius 2 is 1.68 bits per heavy atom. The minimum atomic E-state index is -0.861. The van der Waals surface area contributed by atoms with Crippen LogP contribution in [0.25, 0.3) is 6.08 Å². The predicted octanol–water partition coefficient (Wildman–Crippen LogP) is 5.19. The zero-order valence-corrected chi connectivity index (χ0v) is 19.2.